The van der Waals surface area contributed by atoms with Crippen LogP contribution in [0.2, 0.25) is 0 Å². The number of carbonyl (C=O) groups is 2. The van der Waals surface area contributed by atoms with E-state index in [2.05, 4.69) is 5.32 Å². The van der Waals surface area contributed by atoms with Crippen molar-refractivity contribution in [1.29, 1.82) is 0 Å². The highest BCUT2D eigenvalue weighted by molar-refractivity contribution is 5.98. The van der Waals surface area contributed by atoms with Gasteiger partial charge in [0.05, 0.1) is 0 Å². The summed E-state index contributed by atoms with van der Waals surface area (Å²) in [7, 11) is 0. The lowest BCUT2D eigenvalue weighted by molar-refractivity contribution is -0.133. The molecule has 1 saturated heterocycles. The van der Waals surface area contributed by atoms with Gasteiger partial charge in [-0.1, -0.05) is 32.0 Å². The number of likely N-dealkylation sites (tertiary alicyclic amines) is 1. The Kier molecular flexibility index (Phi) is 5.19. The van der Waals surface area contributed by atoms with Crippen LogP contribution in [0, 0.1) is 12.8 Å². The van der Waals surface area contributed by atoms with Crippen molar-refractivity contribution < 1.29 is 9.59 Å². The maximum atomic E-state index is 12.6. The molecule has 22 heavy (non-hydrogen) atoms. The molecule has 0 radical (unpaired) electrons. The highest BCUT2D eigenvalue weighted by Gasteiger charge is 2.32. The molecule has 2 rings (SSSR count). The van der Waals surface area contributed by atoms with Gasteiger partial charge in [-0.15, -0.1) is 0 Å². The average Bonchev–Trinajstić information content (AvgIpc) is 2.90. The van der Waals surface area contributed by atoms with Crippen molar-refractivity contribution in [3.63, 3.8) is 0 Å². The number of amides is 2. The average molecular weight is 303 g/mol. The van der Waals surface area contributed by atoms with E-state index in [-0.39, 0.29) is 23.8 Å². The van der Waals surface area contributed by atoms with Gasteiger partial charge in [-0.05, 0) is 30.9 Å². The minimum Gasteiger partial charge on any atom is -0.340 e. The third-order valence-electron chi connectivity index (χ3n) is 4.15. The molecular weight excluding hydrogens is 278 g/mol. The number of nitrogens with two attached hydrogens (primary N) is 1. The van der Waals surface area contributed by atoms with Crippen LogP contribution >= 0.6 is 0 Å². The molecule has 120 valence electrons. The van der Waals surface area contributed by atoms with E-state index < -0.39 is 6.04 Å². The second-order valence-corrected chi connectivity index (χ2v) is 6.34. The number of hydrogen-bond donors (Lipinski definition) is 2. The maximum absolute atomic E-state index is 12.6. The zero-order valence-corrected chi connectivity index (χ0v) is 13.5. The van der Waals surface area contributed by atoms with Crippen LogP contribution in [0.4, 0.5) is 0 Å². The zero-order chi connectivity index (χ0) is 16.3. The molecule has 5 heteroatoms. The molecule has 1 aliphatic rings. The summed E-state index contributed by atoms with van der Waals surface area (Å²) in [5, 5.41) is 2.89. The standard InChI is InChI=1S/C17H25N3O2/c1-11(2)15(17(22)20-9-8-13(18)10-20)19-16(21)14-7-5-4-6-12(14)3/h4-7,11,13,15H,8-10,18H2,1-3H3,(H,19,21)/t13-,15?/m1/s1. The lowest BCUT2D eigenvalue weighted by atomic mass is 10.0. The van der Waals surface area contributed by atoms with Gasteiger partial charge >= 0.3 is 0 Å². The van der Waals surface area contributed by atoms with E-state index in [0.29, 0.717) is 18.7 Å². The van der Waals surface area contributed by atoms with Crippen LogP contribution in [0.1, 0.15) is 36.2 Å². The highest BCUT2D eigenvalue weighted by Crippen LogP contribution is 2.14. The van der Waals surface area contributed by atoms with E-state index in [1.54, 1.807) is 11.0 Å². The van der Waals surface area contributed by atoms with Gasteiger partial charge in [0.2, 0.25) is 5.91 Å². The van der Waals surface area contributed by atoms with E-state index >= 15 is 0 Å². The second kappa shape index (κ2) is 6.92. The van der Waals surface area contributed by atoms with Gasteiger partial charge in [0.1, 0.15) is 6.04 Å². The zero-order valence-electron chi connectivity index (χ0n) is 13.5. The van der Waals surface area contributed by atoms with Gasteiger partial charge in [0, 0.05) is 24.7 Å². The van der Waals surface area contributed by atoms with Gasteiger partial charge in [-0.25, -0.2) is 0 Å². The van der Waals surface area contributed by atoms with Crippen LogP contribution < -0.4 is 11.1 Å². The van der Waals surface area contributed by atoms with Crippen molar-refractivity contribution in [3.8, 4) is 0 Å². The molecule has 2 amide bonds. The van der Waals surface area contributed by atoms with Crippen LogP contribution in [0.3, 0.4) is 0 Å². The first kappa shape index (κ1) is 16.5. The first-order valence-electron chi connectivity index (χ1n) is 7.81. The summed E-state index contributed by atoms with van der Waals surface area (Å²) in [6.07, 6.45) is 0.822. The minimum atomic E-state index is -0.516. The van der Waals surface area contributed by atoms with Crippen LogP contribution in [0.15, 0.2) is 24.3 Å². The van der Waals surface area contributed by atoms with Gasteiger partial charge in [-0.3, -0.25) is 9.59 Å². The summed E-state index contributed by atoms with van der Waals surface area (Å²) in [6, 6.07) is 6.91. The lowest BCUT2D eigenvalue weighted by Crippen LogP contribution is -2.51. The van der Waals surface area contributed by atoms with Crippen LogP contribution in [-0.4, -0.2) is 41.9 Å². The topological polar surface area (TPSA) is 75.4 Å². The van der Waals surface area contributed by atoms with E-state index in [4.69, 9.17) is 5.73 Å². The monoisotopic (exact) mass is 303 g/mol. The number of rotatable bonds is 4. The van der Waals surface area contributed by atoms with Crippen LogP contribution in [0.5, 0.6) is 0 Å². The minimum absolute atomic E-state index is 0.0253. The van der Waals surface area contributed by atoms with Crippen LogP contribution in [0.25, 0.3) is 0 Å². The van der Waals surface area contributed by atoms with E-state index in [9.17, 15) is 9.59 Å². The fraction of sp³-hybridized carbons (Fsp3) is 0.529. The van der Waals surface area contributed by atoms with Crippen LogP contribution in [-0.2, 0) is 4.79 Å². The molecule has 1 fully saturated rings. The Hall–Kier alpha value is -1.88. The number of benzene rings is 1. The van der Waals surface area contributed by atoms with Crippen molar-refractivity contribution in [2.45, 2.75) is 39.3 Å². The summed E-state index contributed by atoms with van der Waals surface area (Å²) in [5.41, 5.74) is 7.38. The molecule has 5 nitrogen and oxygen atoms in total. The normalized spacial score (nSPS) is 19.3. The first-order chi connectivity index (χ1) is 10.4. The van der Waals surface area contributed by atoms with Crippen molar-refractivity contribution in [2.75, 3.05) is 13.1 Å². The molecule has 1 unspecified atom stereocenters. The third kappa shape index (κ3) is 3.65. The first-order valence-corrected chi connectivity index (χ1v) is 7.81. The SMILES string of the molecule is Cc1ccccc1C(=O)NC(C(=O)N1CC[C@@H](N)C1)C(C)C. The summed E-state index contributed by atoms with van der Waals surface area (Å²) in [5.74, 6) is -0.212. The van der Waals surface area contributed by atoms with E-state index in [1.165, 1.54) is 0 Å². The van der Waals surface area contributed by atoms with E-state index in [0.717, 1.165) is 12.0 Å². The molecular formula is C17H25N3O2. The third-order valence-corrected chi connectivity index (χ3v) is 4.15. The molecule has 1 aromatic carbocycles. The number of nitrogens with zero attached hydrogens (tertiary/aromatic N) is 1. The van der Waals surface area contributed by atoms with Crippen molar-refractivity contribution in [1.82, 2.24) is 10.2 Å². The number of carbonyl (C=O) groups excluding carboxylic acids is 2. The molecule has 0 aromatic heterocycles. The Bertz CT molecular complexity index is 557. The summed E-state index contributed by atoms with van der Waals surface area (Å²) >= 11 is 0. The summed E-state index contributed by atoms with van der Waals surface area (Å²) in [4.78, 5) is 26.9. The molecule has 0 saturated carbocycles. The Labute approximate surface area is 131 Å². The number of nitrogens with one attached hydrogen (secondary N) is 1. The molecule has 1 aliphatic heterocycles. The highest BCUT2D eigenvalue weighted by atomic mass is 16.2. The van der Waals surface area contributed by atoms with E-state index in [1.807, 2.05) is 39.0 Å². The number of aryl methyl sites for hydroxylation is 1. The molecule has 0 aliphatic carbocycles. The molecule has 0 spiro atoms. The van der Waals surface area contributed by atoms with Gasteiger partial charge in [0.15, 0.2) is 0 Å². The molecule has 2 atom stereocenters. The number of hydrogen-bond acceptors (Lipinski definition) is 3. The fourth-order valence-electron chi connectivity index (χ4n) is 2.74. The quantitative estimate of drug-likeness (QED) is 0.880. The van der Waals surface area contributed by atoms with Crippen molar-refractivity contribution in [2.24, 2.45) is 11.7 Å². The molecule has 1 aromatic rings. The molecule has 1 heterocycles. The van der Waals surface area contributed by atoms with Gasteiger partial charge in [-0.2, -0.15) is 0 Å². The van der Waals surface area contributed by atoms with Gasteiger partial charge < -0.3 is 16.0 Å². The Morgan fingerprint density at radius 2 is 2.00 bits per heavy atom. The second-order valence-electron chi connectivity index (χ2n) is 6.34. The predicted octanol–water partition coefficient (Wildman–Crippen LogP) is 1.31. The smallest absolute Gasteiger partial charge is 0.252 e. The lowest BCUT2D eigenvalue weighted by Gasteiger charge is -2.27. The summed E-state index contributed by atoms with van der Waals surface area (Å²) in [6.45, 7) is 7.01. The Balaban J connectivity index is 2.10. The van der Waals surface area contributed by atoms with Crippen molar-refractivity contribution >= 4 is 11.8 Å². The Morgan fingerprint density at radius 1 is 1.32 bits per heavy atom. The fourth-order valence-corrected chi connectivity index (χ4v) is 2.74. The van der Waals surface area contributed by atoms with Crippen molar-refractivity contribution in [3.05, 3.63) is 35.4 Å². The van der Waals surface area contributed by atoms with Gasteiger partial charge in [0.25, 0.3) is 5.91 Å². The predicted molar refractivity (Wildman–Crippen MR) is 86.4 cm³/mol. The molecule has 0 bridgehead atoms. The summed E-state index contributed by atoms with van der Waals surface area (Å²) < 4.78 is 0. The largest absolute Gasteiger partial charge is 0.340 e. The maximum Gasteiger partial charge on any atom is 0.252 e. The molecule has 3 N–H and O–H groups in total. The Morgan fingerprint density at radius 3 is 2.55 bits per heavy atom.